The summed E-state index contributed by atoms with van der Waals surface area (Å²) in [5.74, 6) is -2.63. The summed E-state index contributed by atoms with van der Waals surface area (Å²) in [6.45, 7) is 14.9. The fourth-order valence-electron chi connectivity index (χ4n) is 7.31. The van der Waals surface area contributed by atoms with E-state index >= 15 is 0 Å². The first-order chi connectivity index (χ1) is 32.0. The average Bonchev–Trinajstić information content (AvgIpc) is 3.29. The van der Waals surface area contributed by atoms with Gasteiger partial charge in [0.25, 0.3) is 0 Å². The molecule has 2 rings (SSSR count). The topological polar surface area (TPSA) is 180 Å². The van der Waals surface area contributed by atoms with E-state index in [0.717, 1.165) is 57.8 Å². The Hall–Kier alpha value is -4.15. The van der Waals surface area contributed by atoms with Gasteiger partial charge in [-0.1, -0.05) is 86.1 Å². The van der Waals surface area contributed by atoms with E-state index in [2.05, 4.69) is 0 Å². The highest BCUT2D eigenvalue weighted by Crippen LogP contribution is 2.21. The van der Waals surface area contributed by atoms with Crippen molar-refractivity contribution in [3.8, 4) is 0 Å². The van der Waals surface area contributed by atoms with E-state index in [0.29, 0.717) is 43.9 Å². The molecular formula is C50H84N4O12. The van der Waals surface area contributed by atoms with Crippen molar-refractivity contribution in [1.82, 2.24) is 19.7 Å². The highest BCUT2D eigenvalue weighted by Gasteiger charge is 2.35. The standard InChI is InChI=1S/C50H84N4O12/c1-7-13-32-61-45(55)25-22-42(48(58)64-35-16-10-4)52-28-30-53(43(49(59)65-36-17-11-5)23-26-46(56)62-33-14-8-2)38-40-20-19-21-41(51-40)39-54(31-29-52)44(50(60)66-37-18-12-6)24-27-47(57)63-34-15-9-3/h19-21,42-44H,7-18,22-39H2,1-6H3. The first-order valence-electron chi connectivity index (χ1n) is 25.1. The van der Waals surface area contributed by atoms with Gasteiger partial charge in [-0.2, -0.15) is 0 Å². The third-order valence-corrected chi connectivity index (χ3v) is 11.5. The summed E-state index contributed by atoms with van der Waals surface area (Å²) in [6.07, 6.45) is 9.64. The summed E-state index contributed by atoms with van der Waals surface area (Å²) in [7, 11) is 0. The van der Waals surface area contributed by atoms with E-state index in [4.69, 9.17) is 33.4 Å². The Labute approximate surface area is 395 Å². The lowest BCUT2D eigenvalue weighted by molar-refractivity contribution is -0.155. The molecule has 66 heavy (non-hydrogen) atoms. The SMILES string of the molecule is CCCCOC(=O)CCC(C(=O)OCCCC)N1CCN(C(CCC(=O)OCCCC)C(=O)OCCCC)Cc2cccc(n2)CN(C(CCC(=O)OCCCC)C(=O)OCCCC)CC1. The van der Waals surface area contributed by atoms with Gasteiger partial charge in [0.05, 0.1) is 51.0 Å². The number of carbonyl (C=O) groups is 6. The van der Waals surface area contributed by atoms with Crippen molar-refractivity contribution in [1.29, 1.82) is 0 Å². The highest BCUT2D eigenvalue weighted by atomic mass is 16.6. The predicted octanol–water partition coefficient (Wildman–Crippen LogP) is 7.51. The molecule has 0 fully saturated rings. The molecule has 376 valence electrons. The number of esters is 6. The van der Waals surface area contributed by atoms with Crippen LogP contribution < -0.4 is 0 Å². The molecule has 0 spiro atoms. The molecule has 0 amide bonds. The smallest absolute Gasteiger partial charge is 0.323 e. The van der Waals surface area contributed by atoms with E-state index in [1.54, 1.807) is 0 Å². The molecule has 1 aromatic rings. The van der Waals surface area contributed by atoms with Gasteiger partial charge in [-0.3, -0.25) is 48.5 Å². The van der Waals surface area contributed by atoms with Crippen LogP contribution in [0.5, 0.6) is 0 Å². The number of fused-ring (bicyclic) bond motifs is 2. The van der Waals surface area contributed by atoms with Gasteiger partial charge in [-0.15, -0.1) is 0 Å². The molecule has 16 heteroatoms. The Morgan fingerprint density at radius 3 is 1.02 bits per heavy atom. The van der Waals surface area contributed by atoms with Gasteiger partial charge < -0.3 is 28.4 Å². The number of unbranched alkanes of at least 4 members (excludes halogenated alkanes) is 6. The van der Waals surface area contributed by atoms with Crippen LogP contribution >= 0.6 is 0 Å². The highest BCUT2D eigenvalue weighted by molar-refractivity contribution is 5.79. The first kappa shape index (κ1) is 58.0. The fourth-order valence-corrected chi connectivity index (χ4v) is 7.31. The largest absolute Gasteiger partial charge is 0.466 e. The lowest BCUT2D eigenvalue weighted by Crippen LogP contribution is -2.53. The van der Waals surface area contributed by atoms with Crippen LogP contribution in [0.1, 0.15) is 169 Å². The van der Waals surface area contributed by atoms with Crippen molar-refractivity contribution >= 4 is 35.8 Å². The van der Waals surface area contributed by atoms with Crippen LogP contribution in [0.2, 0.25) is 0 Å². The number of hydrogen-bond donors (Lipinski definition) is 0. The normalized spacial score (nSPS) is 15.3. The number of aromatic nitrogens is 1. The molecule has 0 saturated carbocycles. The molecule has 16 nitrogen and oxygen atoms in total. The summed E-state index contributed by atoms with van der Waals surface area (Å²) in [6, 6.07) is 3.02. The molecule has 3 unspecified atom stereocenters. The molecule has 3 atom stereocenters. The van der Waals surface area contributed by atoms with E-state index in [-0.39, 0.29) is 104 Å². The quantitative estimate of drug-likeness (QED) is 0.0384. The van der Waals surface area contributed by atoms with Crippen LogP contribution in [0, 0.1) is 0 Å². The molecule has 0 N–H and O–H groups in total. The third-order valence-electron chi connectivity index (χ3n) is 11.5. The van der Waals surface area contributed by atoms with Crippen molar-refractivity contribution in [2.75, 3.05) is 65.8 Å². The van der Waals surface area contributed by atoms with Crippen molar-refractivity contribution in [3.63, 3.8) is 0 Å². The van der Waals surface area contributed by atoms with E-state index < -0.39 is 53.9 Å². The number of hydrogen-bond acceptors (Lipinski definition) is 16. The van der Waals surface area contributed by atoms with Gasteiger partial charge in [0.2, 0.25) is 0 Å². The zero-order valence-corrected chi connectivity index (χ0v) is 41.4. The molecule has 0 aliphatic carbocycles. The maximum Gasteiger partial charge on any atom is 0.323 e. The fraction of sp³-hybridized carbons (Fsp3) is 0.780. The molecule has 2 bridgehead atoms. The Morgan fingerprint density at radius 1 is 0.439 bits per heavy atom. The van der Waals surface area contributed by atoms with Crippen molar-refractivity contribution in [3.05, 3.63) is 29.6 Å². The van der Waals surface area contributed by atoms with Crippen LogP contribution in [0.25, 0.3) is 0 Å². The van der Waals surface area contributed by atoms with Gasteiger partial charge in [-0.25, -0.2) is 0 Å². The van der Waals surface area contributed by atoms with Gasteiger partial charge in [0.15, 0.2) is 0 Å². The molecule has 1 aliphatic rings. The van der Waals surface area contributed by atoms with Gasteiger partial charge in [-0.05, 0) is 69.9 Å². The zero-order chi connectivity index (χ0) is 48.4. The Morgan fingerprint density at radius 2 is 0.712 bits per heavy atom. The Kier molecular flexibility index (Phi) is 31.6. The molecule has 1 aromatic heterocycles. The minimum Gasteiger partial charge on any atom is -0.466 e. The monoisotopic (exact) mass is 933 g/mol. The maximum atomic E-state index is 14.2. The maximum absolute atomic E-state index is 14.2. The summed E-state index contributed by atoms with van der Waals surface area (Å²) in [5, 5.41) is 0. The second-order valence-corrected chi connectivity index (χ2v) is 17.0. The first-order valence-corrected chi connectivity index (χ1v) is 25.1. The number of pyridine rings is 1. The molecule has 0 saturated heterocycles. The summed E-state index contributed by atoms with van der Waals surface area (Å²) >= 11 is 0. The minimum atomic E-state index is -0.893. The summed E-state index contributed by atoms with van der Waals surface area (Å²) in [4.78, 5) is 92.1. The van der Waals surface area contributed by atoms with E-state index in [9.17, 15) is 28.8 Å². The molecule has 0 radical (unpaired) electrons. The molecule has 1 aliphatic heterocycles. The average molecular weight is 933 g/mol. The van der Waals surface area contributed by atoms with Crippen LogP contribution in [0.3, 0.4) is 0 Å². The number of ether oxygens (including phenoxy) is 6. The lowest BCUT2D eigenvalue weighted by Gasteiger charge is -2.37. The second kappa shape index (κ2) is 36.0. The van der Waals surface area contributed by atoms with Crippen molar-refractivity contribution in [2.45, 2.75) is 188 Å². The Bertz CT molecular complexity index is 1470. The number of nitrogens with zero attached hydrogens (tertiary/aromatic N) is 4. The summed E-state index contributed by atoms with van der Waals surface area (Å²) in [5.41, 5.74) is 1.28. The molecular weight excluding hydrogens is 849 g/mol. The van der Waals surface area contributed by atoms with Gasteiger partial charge in [0, 0.05) is 58.5 Å². The van der Waals surface area contributed by atoms with Crippen LogP contribution in [0.15, 0.2) is 18.2 Å². The van der Waals surface area contributed by atoms with Crippen LogP contribution in [-0.2, 0) is 70.3 Å². The minimum absolute atomic E-state index is 0.00564. The zero-order valence-electron chi connectivity index (χ0n) is 41.4. The van der Waals surface area contributed by atoms with Crippen LogP contribution in [-0.4, -0.2) is 139 Å². The third kappa shape index (κ3) is 24.0. The predicted molar refractivity (Wildman–Crippen MR) is 251 cm³/mol. The van der Waals surface area contributed by atoms with Crippen molar-refractivity contribution in [2.24, 2.45) is 0 Å². The Balaban J connectivity index is 2.74. The van der Waals surface area contributed by atoms with Crippen LogP contribution in [0.4, 0.5) is 0 Å². The second-order valence-electron chi connectivity index (χ2n) is 17.0. The van der Waals surface area contributed by atoms with Gasteiger partial charge >= 0.3 is 35.8 Å². The molecule has 0 aromatic carbocycles. The molecule has 2 heterocycles. The summed E-state index contributed by atoms with van der Waals surface area (Å²) < 4.78 is 34.0. The van der Waals surface area contributed by atoms with E-state index in [1.807, 2.05) is 74.4 Å². The number of rotatable bonds is 33. The van der Waals surface area contributed by atoms with Crippen molar-refractivity contribution < 1.29 is 57.2 Å². The lowest BCUT2D eigenvalue weighted by atomic mass is 10.1. The van der Waals surface area contributed by atoms with E-state index in [1.165, 1.54) is 0 Å². The number of carbonyl (C=O) groups excluding carboxylic acids is 6. The van der Waals surface area contributed by atoms with Gasteiger partial charge in [0.1, 0.15) is 18.1 Å².